The summed E-state index contributed by atoms with van der Waals surface area (Å²) in [4.78, 5) is 11.3. The van der Waals surface area contributed by atoms with Gasteiger partial charge in [-0.25, -0.2) is 4.79 Å². The van der Waals surface area contributed by atoms with Gasteiger partial charge in [-0.2, -0.15) is 5.26 Å². The van der Waals surface area contributed by atoms with Crippen molar-refractivity contribution < 1.29 is 14.3 Å². The maximum Gasteiger partial charge on any atom is 0.351 e. The average molecular weight is 185 g/mol. The Kier molecular flexibility index (Phi) is 4.90. The predicted molar refractivity (Wildman–Crippen MR) is 46.6 cm³/mol. The first kappa shape index (κ1) is 11.8. The number of carbonyl (C=O) groups is 1. The highest BCUT2D eigenvalue weighted by Gasteiger charge is 2.36. The maximum atomic E-state index is 11.3. The van der Waals surface area contributed by atoms with E-state index in [9.17, 15) is 4.79 Å². The van der Waals surface area contributed by atoms with E-state index in [1.807, 2.05) is 6.92 Å². The number of hydrogen-bond donors (Lipinski definition) is 0. The number of carbonyl (C=O) groups excluding carboxylic acids is 1. The van der Waals surface area contributed by atoms with E-state index in [0.29, 0.717) is 13.0 Å². The number of nitriles is 1. The first-order chi connectivity index (χ1) is 6.10. The van der Waals surface area contributed by atoms with Gasteiger partial charge in [0.05, 0.1) is 6.61 Å². The van der Waals surface area contributed by atoms with Gasteiger partial charge in [0.1, 0.15) is 0 Å². The Labute approximate surface area is 78.4 Å². The molecule has 13 heavy (non-hydrogen) atoms. The smallest absolute Gasteiger partial charge is 0.351 e. The van der Waals surface area contributed by atoms with E-state index in [-0.39, 0.29) is 0 Å². The van der Waals surface area contributed by atoms with Crippen LogP contribution in [-0.4, -0.2) is 18.2 Å². The average Bonchev–Trinajstić information content (AvgIpc) is 2.05. The third kappa shape index (κ3) is 3.32. The molecule has 0 radical (unpaired) electrons. The largest absolute Gasteiger partial charge is 0.463 e. The van der Waals surface area contributed by atoms with Crippen molar-refractivity contribution in [2.45, 2.75) is 39.2 Å². The highest BCUT2D eigenvalue weighted by atomic mass is 16.6. The van der Waals surface area contributed by atoms with Gasteiger partial charge in [0.15, 0.2) is 0 Å². The molecule has 0 aliphatic rings. The predicted octanol–water partition coefficient (Wildman–Crippen LogP) is 1.61. The second-order valence-corrected chi connectivity index (χ2v) is 2.89. The molecule has 0 rings (SSSR count). The second-order valence-electron chi connectivity index (χ2n) is 2.89. The van der Waals surface area contributed by atoms with Crippen molar-refractivity contribution in [2.24, 2.45) is 0 Å². The highest BCUT2D eigenvalue weighted by molar-refractivity contribution is 5.79. The summed E-state index contributed by atoms with van der Waals surface area (Å²) in [6.45, 7) is 5.50. The molecular formula is C9H15NO3. The Morgan fingerprint density at radius 3 is 2.54 bits per heavy atom. The van der Waals surface area contributed by atoms with Crippen molar-refractivity contribution in [2.75, 3.05) is 6.61 Å². The molecule has 1 unspecified atom stereocenters. The second kappa shape index (κ2) is 5.41. The lowest BCUT2D eigenvalue weighted by molar-refractivity contribution is -0.163. The van der Waals surface area contributed by atoms with E-state index in [2.05, 4.69) is 0 Å². The Bertz CT molecular complexity index is 209. The van der Waals surface area contributed by atoms with E-state index < -0.39 is 11.6 Å². The Morgan fingerprint density at radius 1 is 1.54 bits per heavy atom. The fourth-order valence-corrected chi connectivity index (χ4v) is 1.06. The van der Waals surface area contributed by atoms with Crippen molar-refractivity contribution in [3.63, 3.8) is 0 Å². The van der Waals surface area contributed by atoms with Crippen LogP contribution in [0.3, 0.4) is 0 Å². The Morgan fingerprint density at radius 2 is 2.15 bits per heavy atom. The number of esters is 1. The standard InChI is InChI=1S/C9H15NO3/c1-4-6-9(3,13-7-10)8(11)12-5-2/h4-6H2,1-3H3. The quantitative estimate of drug-likeness (QED) is 0.482. The molecule has 0 aliphatic carbocycles. The van der Waals surface area contributed by atoms with Crippen LogP contribution >= 0.6 is 0 Å². The summed E-state index contributed by atoms with van der Waals surface area (Å²) in [5.41, 5.74) is -1.11. The van der Waals surface area contributed by atoms with Gasteiger partial charge in [0.2, 0.25) is 5.60 Å². The van der Waals surface area contributed by atoms with Crippen LogP contribution in [-0.2, 0) is 14.3 Å². The van der Waals surface area contributed by atoms with Crippen molar-refractivity contribution in [1.29, 1.82) is 5.26 Å². The van der Waals surface area contributed by atoms with Crippen LogP contribution in [0.25, 0.3) is 0 Å². The van der Waals surface area contributed by atoms with Crippen LogP contribution in [0.5, 0.6) is 0 Å². The zero-order valence-corrected chi connectivity index (χ0v) is 8.29. The molecule has 0 bridgehead atoms. The Balaban J connectivity index is 4.39. The lowest BCUT2D eigenvalue weighted by atomic mass is 10.0. The number of nitrogens with zero attached hydrogens (tertiary/aromatic N) is 1. The third-order valence-electron chi connectivity index (χ3n) is 1.71. The summed E-state index contributed by atoms with van der Waals surface area (Å²) >= 11 is 0. The van der Waals surface area contributed by atoms with Gasteiger partial charge in [-0.15, -0.1) is 0 Å². The summed E-state index contributed by atoms with van der Waals surface area (Å²) < 4.78 is 9.51. The van der Waals surface area contributed by atoms with Crippen LogP contribution in [0, 0.1) is 11.5 Å². The minimum Gasteiger partial charge on any atom is -0.463 e. The van der Waals surface area contributed by atoms with Crippen molar-refractivity contribution >= 4 is 5.97 Å². The van der Waals surface area contributed by atoms with Crippen LogP contribution in [0.4, 0.5) is 0 Å². The molecule has 0 spiro atoms. The van der Waals surface area contributed by atoms with Crippen LogP contribution in [0.15, 0.2) is 0 Å². The van der Waals surface area contributed by atoms with Gasteiger partial charge < -0.3 is 9.47 Å². The molecule has 0 aromatic carbocycles. The molecular weight excluding hydrogens is 170 g/mol. The summed E-state index contributed by atoms with van der Waals surface area (Å²) in [6, 6.07) is 0. The van der Waals surface area contributed by atoms with Crippen LogP contribution < -0.4 is 0 Å². The van der Waals surface area contributed by atoms with E-state index in [1.165, 1.54) is 6.26 Å². The molecule has 74 valence electrons. The molecule has 4 heteroatoms. The highest BCUT2D eigenvalue weighted by Crippen LogP contribution is 2.19. The SMILES string of the molecule is CCCC(C)(OC#N)C(=O)OCC. The van der Waals surface area contributed by atoms with E-state index in [1.54, 1.807) is 13.8 Å². The summed E-state index contributed by atoms with van der Waals surface area (Å²) in [7, 11) is 0. The van der Waals surface area contributed by atoms with E-state index >= 15 is 0 Å². The molecule has 4 nitrogen and oxygen atoms in total. The van der Waals surface area contributed by atoms with Gasteiger partial charge >= 0.3 is 5.97 Å². The first-order valence-corrected chi connectivity index (χ1v) is 4.35. The number of rotatable bonds is 5. The molecule has 0 saturated carbocycles. The summed E-state index contributed by atoms with van der Waals surface area (Å²) in [6.07, 6.45) is 2.78. The molecule has 0 heterocycles. The minimum absolute atomic E-state index is 0.299. The zero-order chi connectivity index (χ0) is 10.3. The van der Waals surface area contributed by atoms with Crippen molar-refractivity contribution in [3.05, 3.63) is 0 Å². The van der Waals surface area contributed by atoms with Crippen LogP contribution in [0.1, 0.15) is 33.6 Å². The summed E-state index contributed by atoms with van der Waals surface area (Å²) in [5.74, 6) is -0.474. The summed E-state index contributed by atoms with van der Waals surface area (Å²) in [5, 5.41) is 8.37. The van der Waals surface area contributed by atoms with Gasteiger partial charge in [-0.3, -0.25) is 0 Å². The van der Waals surface area contributed by atoms with Crippen molar-refractivity contribution in [3.8, 4) is 6.26 Å². The topological polar surface area (TPSA) is 59.3 Å². The lowest BCUT2D eigenvalue weighted by Gasteiger charge is -2.23. The number of ether oxygens (including phenoxy) is 2. The van der Waals surface area contributed by atoms with E-state index in [0.717, 1.165) is 6.42 Å². The third-order valence-corrected chi connectivity index (χ3v) is 1.71. The zero-order valence-electron chi connectivity index (χ0n) is 8.29. The molecule has 0 aromatic heterocycles. The molecule has 0 saturated heterocycles. The lowest BCUT2D eigenvalue weighted by Crippen LogP contribution is -2.38. The van der Waals surface area contributed by atoms with Crippen molar-refractivity contribution in [1.82, 2.24) is 0 Å². The maximum absolute atomic E-state index is 11.3. The monoisotopic (exact) mass is 185 g/mol. The number of hydrogen-bond acceptors (Lipinski definition) is 4. The molecule has 0 fully saturated rings. The Hall–Kier alpha value is -1.24. The normalized spacial score (nSPS) is 14.0. The van der Waals surface area contributed by atoms with E-state index in [4.69, 9.17) is 14.7 Å². The minimum atomic E-state index is -1.11. The van der Waals surface area contributed by atoms with Gasteiger partial charge in [-0.1, -0.05) is 13.3 Å². The first-order valence-electron chi connectivity index (χ1n) is 4.35. The molecule has 0 amide bonds. The van der Waals surface area contributed by atoms with Gasteiger partial charge in [0.25, 0.3) is 6.26 Å². The fraction of sp³-hybridized carbons (Fsp3) is 0.778. The molecule has 0 aliphatic heterocycles. The van der Waals surface area contributed by atoms with Crippen LogP contribution in [0.2, 0.25) is 0 Å². The fourth-order valence-electron chi connectivity index (χ4n) is 1.06. The molecule has 0 N–H and O–H groups in total. The van der Waals surface area contributed by atoms with Gasteiger partial charge in [-0.05, 0) is 20.3 Å². The molecule has 0 aromatic rings. The molecule has 1 atom stereocenters. The van der Waals surface area contributed by atoms with Gasteiger partial charge in [0, 0.05) is 0 Å².